The maximum absolute atomic E-state index is 12.5. The zero-order valence-electron chi connectivity index (χ0n) is 13.4. The van der Waals surface area contributed by atoms with Crippen LogP contribution in [0.1, 0.15) is 52.9 Å². The molecule has 0 aromatic rings. The first kappa shape index (κ1) is 15.8. The summed E-state index contributed by atoms with van der Waals surface area (Å²) in [6.07, 6.45) is 5.66. The van der Waals surface area contributed by atoms with Crippen LogP contribution in [0.2, 0.25) is 0 Å². The van der Waals surface area contributed by atoms with Crippen LogP contribution in [0.4, 0.5) is 0 Å². The number of piperidine rings is 1. The molecule has 0 aromatic heterocycles. The maximum atomic E-state index is 12.5. The number of nitrogens with one attached hydrogen (secondary N) is 2. The molecule has 2 heterocycles. The van der Waals surface area contributed by atoms with E-state index in [1.165, 1.54) is 19.3 Å². The number of carbonyl (C=O) groups is 1. The van der Waals surface area contributed by atoms with Crippen molar-refractivity contribution in [2.45, 2.75) is 65.0 Å². The molecular weight excluding hydrogens is 250 g/mol. The van der Waals surface area contributed by atoms with E-state index in [0.29, 0.717) is 6.04 Å². The van der Waals surface area contributed by atoms with Crippen LogP contribution in [0.5, 0.6) is 0 Å². The number of likely N-dealkylation sites (tertiary alicyclic amines) is 1. The first-order chi connectivity index (χ1) is 9.53. The van der Waals surface area contributed by atoms with Gasteiger partial charge in [0.1, 0.15) is 0 Å². The predicted molar refractivity (Wildman–Crippen MR) is 82.7 cm³/mol. The third kappa shape index (κ3) is 3.95. The average Bonchev–Trinajstić information content (AvgIpc) is 2.95. The molecule has 0 bridgehead atoms. The summed E-state index contributed by atoms with van der Waals surface area (Å²) in [5.41, 5.74) is 0.202. The Bertz CT molecular complexity index is 324. The van der Waals surface area contributed by atoms with Crippen molar-refractivity contribution in [3.63, 3.8) is 0 Å². The largest absolute Gasteiger partial charge is 0.354 e. The van der Waals surface area contributed by atoms with Crippen LogP contribution in [0, 0.1) is 5.41 Å². The van der Waals surface area contributed by atoms with Gasteiger partial charge in [-0.1, -0.05) is 20.8 Å². The fourth-order valence-corrected chi connectivity index (χ4v) is 3.22. The second-order valence-corrected chi connectivity index (χ2v) is 7.11. The van der Waals surface area contributed by atoms with Crippen molar-refractivity contribution in [3.8, 4) is 0 Å². The third-order valence-electron chi connectivity index (χ3n) is 5.07. The number of hydrogen-bond donors (Lipinski definition) is 2. The third-order valence-corrected chi connectivity index (χ3v) is 5.07. The van der Waals surface area contributed by atoms with Gasteiger partial charge in [-0.3, -0.25) is 9.69 Å². The molecule has 1 atom stereocenters. The van der Waals surface area contributed by atoms with Gasteiger partial charge in [0.15, 0.2) is 0 Å². The van der Waals surface area contributed by atoms with Crippen LogP contribution in [-0.2, 0) is 4.79 Å². The smallest absolute Gasteiger partial charge is 0.237 e. The Morgan fingerprint density at radius 3 is 2.65 bits per heavy atom. The van der Waals surface area contributed by atoms with E-state index < -0.39 is 0 Å². The number of nitrogens with zero attached hydrogens (tertiary/aromatic N) is 1. The van der Waals surface area contributed by atoms with E-state index in [1.807, 2.05) is 0 Å². The van der Waals surface area contributed by atoms with Crippen molar-refractivity contribution in [2.24, 2.45) is 5.41 Å². The molecule has 2 N–H and O–H groups in total. The molecular formula is C16H31N3O. The lowest BCUT2D eigenvalue weighted by atomic mass is 9.90. The van der Waals surface area contributed by atoms with E-state index in [9.17, 15) is 4.79 Å². The summed E-state index contributed by atoms with van der Waals surface area (Å²) in [6.45, 7) is 10.7. The minimum Gasteiger partial charge on any atom is -0.354 e. The molecule has 2 aliphatic heterocycles. The maximum Gasteiger partial charge on any atom is 0.237 e. The Kier molecular flexibility index (Phi) is 5.44. The molecule has 2 rings (SSSR count). The summed E-state index contributed by atoms with van der Waals surface area (Å²) in [5, 5.41) is 6.60. The quantitative estimate of drug-likeness (QED) is 0.807. The van der Waals surface area contributed by atoms with Crippen molar-refractivity contribution in [2.75, 3.05) is 26.2 Å². The van der Waals surface area contributed by atoms with Gasteiger partial charge in [-0.25, -0.2) is 0 Å². The lowest BCUT2D eigenvalue weighted by molar-refractivity contribution is -0.126. The van der Waals surface area contributed by atoms with Gasteiger partial charge in [-0.2, -0.15) is 0 Å². The molecule has 0 radical (unpaired) electrons. The Morgan fingerprint density at radius 1 is 1.30 bits per heavy atom. The number of hydrogen-bond acceptors (Lipinski definition) is 3. The molecule has 4 nitrogen and oxygen atoms in total. The molecule has 1 unspecified atom stereocenters. The summed E-state index contributed by atoms with van der Waals surface area (Å²) >= 11 is 0. The average molecular weight is 281 g/mol. The standard InChI is InChI=1S/C16H31N3O/c1-4-16(2,3)12-18-15(20)14-6-5-11-19(14)13-7-9-17-10-8-13/h13-14,17H,4-12H2,1-3H3,(H,18,20). The number of rotatable bonds is 5. The number of amides is 1. The molecule has 2 fully saturated rings. The predicted octanol–water partition coefficient (Wildman–Crippen LogP) is 1.76. The second kappa shape index (κ2) is 6.90. The van der Waals surface area contributed by atoms with E-state index in [4.69, 9.17) is 0 Å². The van der Waals surface area contributed by atoms with Crippen molar-refractivity contribution in [1.29, 1.82) is 0 Å². The fraction of sp³-hybridized carbons (Fsp3) is 0.938. The molecule has 2 saturated heterocycles. The van der Waals surface area contributed by atoms with Gasteiger partial charge in [-0.15, -0.1) is 0 Å². The second-order valence-electron chi connectivity index (χ2n) is 7.11. The molecule has 0 saturated carbocycles. The molecule has 0 aliphatic carbocycles. The van der Waals surface area contributed by atoms with Gasteiger partial charge in [0, 0.05) is 12.6 Å². The monoisotopic (exact) mass is 281 g/mol. The highest BCUT2D eigenvalue weighted by atomic mass is 16.2. The lowest BCUT2D eigenvalue weighted by Crippen LogP contribution is -2.51. The Labute approximate surface area is 123 Å². The van der Waals surface area contributed by atoms with Gasteiger partial charge in [0.25, 0.3) is 0 Å². The highest BCUT2D eigenvalue weighted by Gasteiger charge is 2.35. The highest BCUT2D eigenvalue weighted by molar-refractivity contribution is 5.82. The highest BCUT2D eigenvalue weighted by Crippen LogP contribution is 2.25. The molecule has 2 aliphatic rings. The summed E-state index contributed by atoms with van der Waals surface area (Å²) < 4.78 is 0. The Balaban J connectivity index is 1.87. The van der Waals surface area contributed by atoms with Crippen LogP contribution in [0.3, 0.4) is 0 Å². The van der Waals surface area contributed by atoms with Crippen molar-refractivity contribution >= 4 is 5.91 Å². The topological polar surface area (TPSA) is 44.4 Å². The summed E-state index contributed by atoms with van der Waals surface area (Å²) in [6, 6.07) is 0.722. The van der Waals surface area contributed by atoms with E-state index in [1.54, 1.807) is 0 Å². The minimum absolute atomic E-state index is 0.116. The first-order valence-corrected chi connectivity index (χ1v) is 8.28. The van der Waals surface area contributed by atoms with Gasteiger partial charge in [0.2, 0.25) is 5.91 Å². The molecule has 20 heavy (non-hydrogen) atoms. The number of carbonyl (C=O) groups excluding carboxylic acids is 1. The van der Waals surface area contributed by atoms with Crippen LogP contribution in [0.15, 0.2) is 0 Å². The first-order valence-electron chi connectivity index (χ1n) is 8.28. The molecule has 4 heteroatoms. The molecule has 0 aromatic carbocycles. The van der Waals surface area contributed by atoms with Crippen molar-refractivity contribution in [3.05, 3.63) is 0 Å². The summed E-state index contributed by atoms with van der Waals surface area (Å²) in [7, 11) is 0. The van der Waals surface area contributed by atoms with Gasteiger partial charge < -0.3 is 10.6 Å². The van der Waals surface area contributed by atoms with Crippen LogP contribution in [0.25, 0.3) is 0 Å². The van der Waals surface area contributed by atoms with Crippen molar-refractivity contribution in [1.82, 2.24) is 15.5 Å². The minimum atomic E-state index is 0.116. The van der Waals surface area contributed by atoms with E-state index in [-0.39, 0.29) is 17.4 Å². The molecule has 1 amide bonds. The Hall–Kier alpha value is -0.610. The summed E-state index contributed by atoms with van der Waals surface area (Å²) in [5.74, 6) is 0.252. The van der Waals surface area contributed by atoms with E-state index in [0.717, 1.165) is 39.0 Å². The zero-order chi connectivity index (χ0) is 14.6. The molecule has 116 valence electrons. The van der Waals surface area contributed by atoms with E-state index in [2.05, 4.69) is 36.3 Å². The summed E-state index contributed by atoms with van der Waals surface area (Å²) in [4.78, 5) is 15.0. The van der Waals surface area contributed by atoms with Gasteiger partial charge in [-0.05, 0) is 57.2 Å². The Morgan fingerprint density at radius 2 is 2.00 bits per heavy atom. The lowest BCUT2D eigenvalue weighted by Gasteiger charge is -2.35. The normalized spacial score (nSPS) is 25.9. The SMILES string of the molecule is CCC(C)(C)CNC(=O)C1CCCN1C1CCNCC1. The molecule has 0 spiro atoms. The zero-order valence-corrected chi connectivity index (χ0v) is 13.4. The van der Waals surface area contributed by atoms with Crippen LogP contribution >= 0.6 is 0 Å². The van der Waals surface area contributed by atoms with Gasteiger partial charge >= 0.3 is 0 Å². The van der Waals surface area contributed by atoms with Crippen LogP contribution in [-0.4, -0.2) is 49.1 Å². The van der Waals surface area contributed by atoms with Crippen molar-refractivity contribution < 1.29 is 4.79 Å². The van der Waals surface area contributed by atoms with Gasteiger partial charge in [0.05, 0.1) is 6.04 Å². The van der Waals surface area contributed by atoms with E-state index >= 15 is 0 Å². The fourth-order valence-electron chi connectivity index (χ4n) is 3.22. The van der Waals surface area contributed by atoms with Crippen LogP contribution < -0.4 is 10.6 Å².